The van der Waals surface area contributed by atoms with E-state index in [4.69, 9.17) is 4.42 Å². The van der Waals surface area contributed by atoms with Gasteiger partial charge in [-0.05, 0) is 24.6 Å². The van der Waals surface area contributed by atoms with Crippen molar-refractivity contribution in [2.75, 3.05) is 0 Å². The highest BCUT2D eigenvalue weighted by Gasteiger charge is 2.18. The van der Waals surface area contributed by atoms with Crippen LogP contribution in [0.1, 0.15) is 10.8 Å². The van der Waals surface area contributed by atoms with E-state index < -0.39 is 0 Å². The molecule has 3 heterocycles. The third-order valence-corrected chi connectivity index (χ3v) is 5.72. The Morgan fingerprint density at radius 2 is 1.66 bits per heavy atom. The number of hydrogen-bond donors (Lipinski definition) is 0. The van der Waals surface area contributed by atoms with Gasteiger partial charge in [0, 0.05) is 16.0 Å². The molecule has 0 spiro atoms. The first-order valence-electron chi connectivity index (χ1n) is 9.12. The number of nitrogens with zero attached hydrogens (tertiary/aromatic N) is 4. The minimum atomic E-state index is -0.113. The molecule has 7 heteroatoms. The van der Waals surface area contributed by atoms with Gasteiger partial charge in [-0.15, -0.1) is 21.5 Å². The largest absolute Gasteiger partial charge is 0.419 e. The maximum absolute atomic E-state index is 13.3. The second-order valence-electron chi connectivity index (χ2n) is 6.62. The van der Waals surface area contributed by atoms with E-state index in [-0.39, 0.29) is 12.1 Å². The van der Waals surface area contributed by atoms with Gasteiger partial charge in [-0.3, -0.25) is 9.36 Å². The van der Waals surface area contributed by atoms with Crippen LogP contribution in [0.4, 0.5) is 0 Å². The van der Waals surface area contributed by atoms with Gasteiger partial charge in [0.05, 0.1) is 11.7 Å². The Labute approximate surface area is 170 Å². The first-order valence-corrected chi connectivity index (χ1v) is 9.94. The molecule has 0 aliphatic heterocycles. The Kier molecular flexibility index (Phi) is 4.29. The van der Waals surface area contributed by atoms with Crippen molar-refractivity contribution in [3.05, 3.63) is 88.1 Å². The number of rotatable bonds is 4. The lowest BCUT2D eigenvalue weighted by Crippen LogP contribution is -2.21. The molecule has 5 aromatic rings. The summed E-state index contributed by atoms with van der Waals surface area (Å²) in [7, 11) is 0. The van der Waals surface area contributed by atoms with E-state index in [9.17, 15) is 4.79 Å². The lowest BCUT2D eigenvalue weighted by molar-refractivity contribution is 0.483. The second kappa shape index (κ2) is 7.10. The summed E-state index contributed by atoms with van der Waals surface area (Å²) in [6, 6.07) is 19.5. The summed E-state index contributed by atoms with van der Waals surface area (Å²) < 4.78 is 7.27. The molecule has 142 valence electrons. The number of thiophene rings is 1. The number of aryl methyl sites for hydroxylation is 1. The molecule has 0 saturated carbocycles. The van der Waals surface area contributed by atoms with Crippen LogP contribution in [-0.4, -0.2) is 19.7 Å². The van der Waals surface area contributed by atoms with Crippen LogP contribution in [0.5, 0.6) is 0 Å². The topological polar surface area (TPSA) is 73.8 Å². The van der Waals surface area contributed by atoms with Crippen molar-refractivity contribution in [1.29, 1.82) is 0 Å². The van der Waals surface area contributed by atoms with E-state index in [1.54, 1.807) is 6.33 Å². The van der Waals surface area contributed by atoms with Gasteiger partial charge in [0.2, 0.25) is 11.8 Å². The number of benzene rings is 2. The highest BCUT2D eigenvalue weighted by molar-refractivity contribution is 7.19. The monoisotopic (exact) mass is 400 g/mol. The second-order valence-corrected chi connectivity index (χ2v) is 7.83. The van der Waals surface area contributed by atoms with Crippen LogP contribution in [0.2, 0.25) is 0 Å². The zero-order valence-electron chi connectivity index (χ0n) is 15.6. The van der Waals surface area contributed by atoms with Crippen molar-refractivity contribution in [1.82, 2.24) is 19.7 Å². The van der Waals surface area contributed by atoms with E-state index in [2.05, 4.69) is 15.2 Å². The third-order valence-electron chi connectivity index (χ3n) is 4.71. The van der Waals surface area contributed by atoms with Gasteiger partial charge >= 0.3 is 0 Å². The predicted molar refractivity (Wildman–Crippen MR) is 113 cm³/mol. The molecule has 0 N–H and O–H groups in total. The normalized spacial score (nSPS) is 11.2. The first kappa shape index (κ1) is 17.5. The minimum Gasteiger partial charge on any atom is -0.419 e. The zero-order valence-corrected chi connectivity index (χ0v) is 16.4. The summed E-state index contributed by atoms with van der Waals surface area (Å²) in [4.78, 5) is 19.6. The summed E-state index contributed by atoms with van der Waals surface area (Å²) in [5.74, 6) is 0.791. The van der Waals surface area contributed by atoms with Crippen LogP contribution < -0.4 is 5.56 Å². The Morgan fingerprint density at radius 3 is 2.38 bits per heavy atom. The van der Waals surface area contributed by atoms with Crippen molar-refractivity contribution in [2.24, 2.45) is 0 Å². The van der Waals surface area contributed by atoms with E-state index in [1.807, 2.05) is 67.6 Å². The summed E-state index contributed by atoms with van der Waals surface area (Å²) in [5.41, 5.74) is 2.68. The van der Waals surface area contributed by atoms with E-state index >= 15 is 0 Å². The molecule has 0 bridgehead atoms. The quantitative estimate of drug-likeness (QED) is 0.443. The van der Waals surface area contributed by atoms with Gasteiger partial charge in [-0.1, -0.05) is 48.5 Å². The number of hydrogen-bond acceptors (Lipinski definition) is 6. The average molecular weight is 400 g/mol. The van der Waals surface area contributed by atoms with E-state index in [1.165, 1.54) is 15.9 Å². The Balaban J connectivity index is 1.56. The van der Waals surface area contributed by atoms with Crippen molar-refractivity contribution >= 4 is 21.6 Å². The maximum Gasteiger partial charge on any atom is 0.263 e. The van der Waals surface area contributed by atoms with Crippen LogP contribution in [-0.2, 0) is 6.54 Å². The Bertz CT molecular complexity index is 1350. The smallest absolute Gasteiger partial charge is 0.263 e. The fraction of sp³-hybridized carbons (Fsp3) is 0.0909. The van der Waals surface area contributed by atoms with Crippen LogP contribution in [0.25, 0.3) is 32.8 Å². The lowest BCUT2D eigenvalue weighted by atomic mass is 10.0. The summed E-state index contributed by atoms with van der Waals surface area (Å²) in [5, 5.41) is 8.82. The maximum atomic E-state index is 13.3. The molecule has 0 aliphatic rings. The van der Waals surface area contributed by atoms with Gasteiger partial charge in [-0.2, -0.15) is 0 Å². The van der Waals surface area contributed by atoms with Gasteiger partial charge in [0.1, 0.15) is 11.4 Å². The zero-order chi connectivity index (χ0) is 19.8. The summed E-state index contributed by atoms with van der Waals surface area (Å²) in [6.45, 7) is 2.19. The molecular formula is C22H16N4O2S. The number of fused-ring (bicyclic) bond motifs is 1. The molecule has 29 heavy (non-hydrogen) atoms. The molecule has 6 nitrogen and oxygen atoms in total. The average Bonchev–Trinajstić information content (AvgIpc) is 3.36. The SMILES string of the molecule is Cc1sc2ncn(Cc3nnc(-c4ccccc4)o3)c(=O)c2c1-c1ccccc1. The van der Waals surface area contributed by atoms with Crippen molar-refractivity contribution in [2.45, 2.75) is 13.5 Å². The van der Waals surface area contributed by atoms with Crippen LogP contribution in [0.15, 0.2) is 76.2 Å². The molecule has 0 saturated heterocycles. The van der Waals surface area contributed by atoms with Crippen LogP contribution >= 0.6 is 11.3 Å². The predicted octanol–water partition coefficient (Wildman–Crippen LogP) is 4.53. The molecule has 0 radical (unpaired) electrons. The fourth-order valence-electron chi connectivity index (χ4n) is 3.36. The molecule has 3 aromatic heterocycles. The fourth-order valence-corrected chi connectivity index (χ4v) is 4.37. The molecular weight excluding hydrogens is 384 g/mol. The number of aromatic nitrogens is 4. The summed E-state index contributed by atoms with van der Waals surface area (Å²) >= 11 is 1.53. The molecule has 0 unspecified atom stereocenters. The highest BCUT2D eigenvalue weighted by atomic mass is 32.1. The van der Waals surface area contributed by atoms with Crippen LogP contribution in [0, 0.1) is 6.92 Å². The molecule has 5 rings (SSSR count). The van der Waals surface area contributed by atoms with E-state index in [0.29, 0.717) is 17.2 Å². The van der Waals surface area contributed by atoms with Crippen LogP contribution in [0.3, 0.4) is 0 Å². The third kappa shape index (κ3) is 3.15. The van der Waals surface area contributed by atoms with Crippen molar-refractivity contribution in [3.63, 3.8) is 0 Å². The van der Waals surface area contributed by atoms with Gasteiger partial charge in [0.25, 0.3) is 5.56 Å². The van der Waals surface area contributed by atoms with Gasteiger partial charge in [0.15, 0.2) is 0 Å². The highest BCUT2D eigenvalue weighted by Crippen LogP contribution is 2.35. The Morgan fingerprint density at radius 1 is 0.966 bits per heavy atom. The first-order chi connectivity index (χ1) is 14.2. The summed E-state index contributed by atoms with van der Waals surface area (Å²) in [6.07, 6.45) is 1.54. The molecule has 0 amide bonds. The lowest BCUT2D eigenvalue weighted by Gasteiger charge is -2.04. The standard InChI is InChI=1S/C22H16N4O2S/c1-14-18(15-8-4-2-5-9-15)19-21(29-14)23-13-26(22(19)27)12-17-24-25-20(28-17)16-10-6-3-7-11-16/h2-11,13H,12H2,1H3. The van der Waals surface area contributed by atoms with Gasteiger partial charge < -0.3 is 4.42 Å². The molecule has 0 atom stereocenters. The minimum absolute atomic E-state index is 0.113. The van der Waals surface area contributed by atoms with Crippen molar-refractivity contribution in [3.8, 4) is 22.6 Å². The Hall–Kier alpha value is -3.58. The molecule has 0 aliphatic carbocycles. The van der Waals surface area contributed by atoms with E-state index in [0.717, 1.165) is 26.4 Å². The van der Waals surface area contributed by atoms with Gasteiger partial charge in [-0.25, -0.2) is 4.98 Å². The molecule has 0 fully saturated rings. The van der Waals surface area contributed by atoms with Crippen molar-refractivity contribution < 1.29 is 4.42 Å². The molecule has 2 aromatic carbocycles.